The number of halogens is 2. The van der Waals surface area contributed by atoms with E-state index in [4.69, 9.17) is 9.47 Å². The minimum Gasteiger partial charge on any atom is -0.454 e. The molecule has 0 unspecified atom stereocenters. The highest BCUT2D eigenvalue weighted by Gasteiger charge is 2.13. The van der Waals surface area contributed by atoms with Crippen molar-refractivity contribution in [1.82, 2.24) is 5.32 Å². The van der Waals surface area contributed by atoms with Crippen molar-refractivity contribution in [2.45, 2.75) is 6.54 Å². The number of carbonyl (C=O) groups is 1. The number of nitrogens with one attached hydrogen (secondary N) is 2. The summed E-state index contributed by atoms with van der Waals surface area (Å²) in [7, 11) is 0. The molecule has 1 heterocycles. The van der Waals surface area contributed by atoms with Crippen LogP contribution in [0.4, 0.5) is 14.5 Å². The first-order valence-electron chi connectivity index (χ1n) is 6.96. The molecule has 0 atom stereocenters. The van der Waals surface area contributed by atoms with Crippen LogP contribution in [0, 0.1) is 11.6 Å². The second kappa shape index (κ2) is 6.51. The Morgan fingerprint density at radius 3 is 2.70 bits per heavy atom. The van der Waals surface area contributed by atoms with Gasteiger partial charge in [0.15, 0.2) is 23.1 Å². The summed E-state index contributed by atoms with van der Waals surface area (Å²) >= 11 is 0. The molecule has 2 aromatic carbocycles. The van der Waals surface area contributed by atoms with Crippen LogP contribution in [0.25, 0.3) is 0 Å². The average Bonchev–Trinajstić information content (AvgIpc) is 3.01. The third-order valence-corrected chi connectivity index (χ3v) is 3.30. The molecule has 0 saturated carbocycles. The van der Waals surface area contributed by atoms with Crippen LogP contribution < -0.4 is 20.1 Å². The summed E-state index contributed by atoms with van der Waals surface area (Å²) in [5.74, 6) is -0.831. The highest BCUT2D eigenvalue weighted by molar-refractivity contribution is 5.80. The van der Waals surface area contributed by atoms with E-state index in [0.717, 1.165) is 17.7 Å². The predicted octanol–water partition coefficient (Wildman–Crippen LogP) is 2.42. The van der Waals surface area contributed by atoms with E-state index < -0.39 is 11.6 Å². The third kappa shape index (κ3) is 3.68. The summed E-state index contributed by atoms with van der Waals surface area (Å²) in [5.41, 5.74) is 1.21. The lowest BCUT2D eigenvalue weighted by Crippen LogP contribution is -2.29. The lowest BCUT2D eigenvalue weighted by molar-refractivity contribution is -0.119. The van der Waals surface area contributed by atoms with Crippen molar-refractivity contribution in [1.29, 1.82) is 0 Å². The molecule has 0 saturated heterocycles. The lowest BCUT2D eigenvalue weighted by Gasteiger charge is -2.08. The van der Waals surface area contributed by atoms with Crippen molar-refractivity contribution in [3.05, 3.63) is 53.6 Å². The van der Waals surface area contributed by atoms with Crippen LogP contribution in [0.2, 0.25) is 0 Å². The van der Waals surface area contributed by atoms with E-state index in [9.17, 15) is 13.6 Å². The third-order valence-electron chi connectivity index (χ3n) is 3.30. The van der Waals surface area contributed by atoms with E-state index in [0.29, 0.717) is 23.7 Å². The molecule has 0 radical (unpaired) electrons. The number of hydrogen-bond donors (Lipinski definition) is 2. The first-order chi connectivity index (χ1) is 11.1. The van der Waals surface area contributed by atoms with Crippen LogP contribution in [0.5, 0.6) is 11.5 Å². The van der Waals surface area contributed by atoms with Crippen molar-refractivity contribution in [3.63, 3.8) is 0 Å². The van der Waals surface area contributed by atoms with E-state index in [1.807, 2.05) is 6.07 Å². The Morgan fingerprint density at radius 2 is 1.87 bits per heavy atom. The van der Waals surface area contributed by atoms with Crippen LogP contribution in [0.3, 0.4) is 0 Å². The van der Waals surface area contributed by atoms with Crippen molar-refractivity contribution < 1.29 is 23.0 Å². The fourth-order valence-electron chi connectivity index (χ4n) is 2.10. The van der Waals surface area contributed by atoms with Crippen LogP contribution in [0.1, 0.15) is 5.56 Å². The first-order valence-corrected chi connectivity index (χ1v) is 6.96. The molecule has 2 N–H and O–H groups in total. The number of benzene rings is 2. The maximum Gasteiger partial charge on any atom is 0.239 e. The maximum atomic E-state index is 13.0. The topological polar surface area (TPSA) is 59.6 Å². The first kappa shape index (κ1) is 15.1. The molecule has 0 aromatic heterocycles. The molecular formula is C16H14F2N2O3. The van der Waals surface area contributed by atoms with Crippen LogP contribution in [0.15, 0.2) is 36.4 Å². The number of fused-ring (bicyclic) bond motifs is 1. The van der Waals surface area contributed by atoms with E-state index >= 15 is 0 Å². The van der Waals surface area contributed by atoms with Gasteiger partial charge in [0.1, 0.15) is 0 Å². The second-order valence-electron chi connectivity index (χ2n) is 4.95. The Labute approximate surface area is 131 Å². The van der Waals surface area contributed by atoms with Gasteiger partial charge in [0.05, 0.1) is 6.54 Å². The molecule has 0 aliphatic carbocycles. The Hall–Kier alpha value is -2.83. The zero-order chi connectivity index (χ0) is 16.2. The summed E-state index contributed by atoms with van der Waals surface area (Å²) in [4.78, 5) is 11.8. The second-order valence-corrected chi connectivity index (χ2v) is 4.95. The summed E-state index contributed by atoms with van der Waals surface area (Å²) in [6, 6.07) is 8.78. The van der Waals surface area contributed by atoms with Gasteiger partial charge in [-0.15, -0.1) is 0 Å². The molecule has 5 nitrogen and oxygen atoms in total. The van der Waals surface area contributed by atoms with Gasteiger partial charge in [-0.3, -0.25) is 4.79 Å². The Bertz CT molecular complexity index is 737. The number of hydrogen-bond acceptors (Lipinski definition) is 4. The van der Waals surface area contributed by atoms with Gasteiger partial charge in [-0.2, -0.15) is 0 Å². The molecular weight excluding hydrogens is 306 g/mol. The number of anilines is 1. The van der Waals surface area contributed by atoms with E-state index in [-0.39, 0.29) is 19.2 Å². The molecule has 120 valence electrons. The molecule has 23 heavy (non-hydrogen) atoms. The van der Waals surface area contributed by atoms with E-state index in [1.165, 1.54) is 6.07 Å². The summed E-state index contributed by atoms with van der Waals surface area (Å²) in [5, 5.41) is 5.45. The molecule has 1 aliphatic rings. The number of ether oxygens (including phenoxy) is 2. The minimum atomic E-state index is -0.962. The SMILES string of the molecule is O=C(CNc1ccc(F)c(F)c1)NCc1ccc2c(c1)OCO2. The minimum absolute atomic E-state index is 0.0460. The van der Waals surface area contributed by atoms with Gasteiger partial charge < -0.3 is 20.1 Å². The zero-order valence-corrected chi connectivity index (χ0v) is 12.1. The van der Waals surface area contributed by atoms with Gasteiger partial charge >= 0.3 is 0 Å². The van der Waals surface area contributed by atoms with Crippen molar-refractivity contribution in [3.8, 4) is 11.5 Å². The van der Waals surface area contributed by atoms with Crippen molar-refractivity contribution >= 4 is 11.6 Å². The number of amides is 1. The maximum absolute atomic E-state index is 13.0. The highest BCUT2D eigenvalue weighted by atomic mass is 19.2. The van der Waals surface area contributed by atoms with Crippen LogP contribution >= 0.6 is 0 Å². The normalized spacial score (nSPS) is 12.1. The van der Waals surface area contributed by atoms with E-state index in [2.05, 4.69) is 10.6 Å². The van der Waals surface area contributed by atoms with Gasteiger partial charge in [-0.1, -0.05) is 6.07 Å². The van der Waals surface area contributed by atoms with Crippen molar-refractivity contribution in [2.24, 2.45) is 0 Å². The largest absolute Gasteiger partial charge is 0.454 e. The predicted molar refractivity (Wildman–Crippen MR) is 79.3 cm³/mol. The fraction of sp³-hybridized carbons (Fsp3) is 0.188. The molecule has 1 amide bonds. The Morgan fingerprint density at radius 1 is 1.04 bits per heavy atom. The van der Waals surface area contributed by atoms with Gasteiger partial charge in [-0.05, 0) is 29.8 Å². The van der Waals surface area contributed by atoms with Gasteiger partial charge in [0, 0.05) is 18.3 Å². The van der Waals surface area contributed by atoms with Crippen LogP contribution in [-0.2, 0) is 11.3 Å². The zero-order valence-electron chi connectivity index (χ0n) is 12.1. The highest BCUT2D eigenvalue weighted by Crippen LogP contribution is 2.32. The number of carbonyl (C=O) groups excluding carboxylic acids is 1. The Balaban J connectivity index is 1.48. The summed E-state index contributed by atoms with van der Waals surface area (Å²) in [6.07, 6.45) is 0. The van der Waals surface area contributed by atoms with E-state index in [1.54, 1.807) is 12.1 Å². The van der Waals surface area contributed by atoms with Gasteiger partial charge in [-0.25, -0.2) is 8.78 Å². The van der Waals surface area contributed by atoms with Crippen LogP contribution in [-0.4, -0.2) is 19.2 Å². The fourth-order valence-corrected chi connectivity index (χ4v) is 2.10. The molecule has 0 bridgehead atoms. The lowest BCUT2D eigenvalue weighted by atomic mass is 10.2. The van der Waals surface area contributed by atoms with Gasteiger partial charge in [0.25, 0.3) is 0 Å². The smallest absolute Gasteiger partial charge is 0.239 e. The monoisotopic (exact) mass is 320 g/mol. The summed E-state index contributed by atoms with van der Waals surface area (Å²) < 4.78 is 36.3. The van der Waals surface area contributed by atoms with Gasteiger partial charge in [0.2, 0.25) is 12.7 Å². The molecule has 2 aromatic rings. The molecule has 0 fully saturated rings. The molecule has 3 rings (SSSR count). The molecule has 1 aliphatic heterocycles. The standard InChI is InChI=1S/C16H14F2N2O3/c17-12-3-2-11(6-13(12)18)19-8-16(21)20-7-10-1-4-14-15(5-10)23-9-22-14/h1-6,19H,7-9H2,(H,20,21). The molecule has 7 heteroatoms. The average molecular weight is 320 g/mol. The number of rotatable bonds is 5. The van der Waals surface area contributed by atoms with Crippen molar-refractivity contribution in [2.75, 3.05) is 18.7 Å². The summed E-state index contributed by atoms with van der Waals surface area (Å²) in [6.45, 7) is 0.480. The quantitative estimate of drug-likeness (QED) is 0.888. The Kier molecular flexibility index (Phi) is 4.27. The molecule has 0 spiro atoms.